The number of aromatic nitrogens is 6. The van der Waals surface area contributed by atoms with Crippen LogP contribution in [0.3, 0.4) is 0 Å². The number of rotatable bonds is 2. The van der Waals surface area contributed by atoms with Crippen LogP contribution in [0.5, 0.6) is 0 Å². The van der Waals surface area contributed by atoms with Crippen molar-refractivity contribution in [3.05, 3.63) is 56.2 Å². The highest BCUT2D eigenvalue weighted by molar-refractivity contribution is 5.88. The Morgan fingerprint density at radius 1 is 0.652 bits per heavy atom. The van der Waals surface area contributed by atoms with Crippen molar-refractivity contribution in [1.29, 1.82) is 0 Å². The minimum absolute atomic E-state index is 0.138. The van der Waals surface area contributed by atoms with Crippen molar-refractivity contribution in [3.63, 3.8) is 0 Å². The average Bonchev–Trinajstić information content (AvgIpc) is 3.82. The summed E-state index contributed by atoms with van der Waals surface area (Å²) in [4.78, 5) is 72.4. The molecule has 2 atom stereocenters. The molecule has 5 heterocycles. The predicted octanol–water partition coefficient (Wildman–Crippen LogP) is 3.99. The van der Waals surface area contributed by atoms with Gasteiger partial charge in [0, 0.05) is 50.3 Å². The van der Waals surface area contributed by atoms with E-state index >= 15 is 0 Å². The third-order valence-electron chi connectivity index (χ3n) is 6.54. The van der Waals surface area contributed by atoms with Crippen LogP contribution in [0.4, 0.5) is 14.4 Å². The van der Waals surface area contributed by atoms with Gasteiger partial charge in [0.05, 0.1) is 0 Å². The number of carboxylic acids is 1. The molecule has 0 spiro atoms. The van der Waals surface area contributed by atoms with Gasteiger partial charge in [-0.25, -0.2) is 34.1 Å². The SMILES string of the molecule is CC(C)(C)OC(=O)N1CCC[C@H]1C(=O)O.CC(C)(C)OC(=O)N1CCC[C@H]1C(=O)n1ccnc1.O=C(n1ccnc1)n1ccnc1. The lowest BCUT2D eigenvalue weighted by Crippen LogP contribution is -2.44. The summed E-state index contributed by atoms with van der Waals surface area (Å²) < 4.78 is 14.6. The van der Waals surface area contributed by atoms with E-state index in [1.165, 1.54) is 42.5 Å². The Morgan fingerprint density at radius 2 is 1.04 bits per heavy atom. The van der Waals surface area contributed by atoms with Crippen LogP contribution in [0.25, 0.3) is 0 Å². The summed E-state index contributed by atoms with van der Waals surface area (Å²) in [5.74, 6) is -1.10. The molecule has 0 saturated carbocycles. The molecule has 2 amide bonds. The summed E-state index contributed by atoms with van der Waals surface area (Å²) >= 11 is 0. The van der Waals surface area contributed by atoms with E-state index in [0.717, 1.165) is 12.8 Å². The monoisotopic (exact) mass is 642 g/mol. The maximum Gasteiger partial charge on any atom is 0.411 e. The molecule has 1 N–H and O–H groups in total. The highest BCUT2D eigenvalue weighted by Gasteiger charge is 2.38. The van der Waals surface area contributed by atoms with Crippen molar-refractivity contribution in [3.8, 4) is 0 Å². The lowest BCUT2D eigenvalue weighted by atomic mass is 10.2. The molecule has 0 radical (unpaired) electrons. The van der Waals surface area contributed by atoms with Crippen LogP contribution in [0.1, 0.15) is 72.0 Å². The number of amides is 2. The zero-order valence-electron chi connectivity index (χ0n) is 27.0. The van der Waals surface area contributed by atoms with Crippen molar-refractivity contribution >= 4 is 30.1 Å². The van der Waals surface area contributed by atoms with E-state index < -0.39 is 41.4 Å². The predicted molar refractivity (Wildman–Crippen MR) is 163 cm³/mol. The van der Waals surface area contributed by atoms with Crippen LogP contribution in [-0.4, -0.2) is 110 Å². The smallest absolute Gasteiger partial charge is 0.411 e. The number of hydrogen-bond donors (Lipinski definition) is 1. The molecule has 2 fully saturated rings. The lowest BCUT2D eigenvalue weighted by Gasteiger charge is -2.27. The summed E-state index contributed by atoms with van der Waals surface area (Å²) in [6.45, 7) is 11.7. The summed E-state index contributed by atoms with van der Waals surface area (Å²) in [6.07, 6.45) is 15.5. The van der Waals surface area contributed by atoms with Crippen molar-refractivity contribution in [2.24, 2.45) is 0 Å². The molecule has 0 aromatic carbocycles. The van der Waals surface area contributed by atoms with Gasteiger partial charge in [0.15, 0.2) is 0 Å². The van der Waals surface area contributed by atoms with Gasteiger partial charge in [0.25, 0.3) is 5.91 Å². The van der Waals surface area contributed by atoms with Gasteiger partial charge < -0.3 is 14.6 Å². The van der Waals surface area contributed by atoms with Gasteiger partial charge in [-0.3, -0.25) is 28.3 Å². The molecular weight excluding hydrogens is 600 g/mol. The summed E-state index contributed by atoms with van der Waals surface area (Å²) in [5.41, 5.74) is -1.13. The molecule has 0 bridgehead atoms. The topological polar surface area (TPSA) is 184 Å². The van der Waals surface area contributed by atoms with Crippen molar-refractivity contribution in [2.45, 2.75) is 90.5 Å². The second kappa shape index (κ2) is 15.3. The summed E-state index contributed by atoms with van der Waals surface area (Å²) in [5, 5.41) is 8.88. The quantitative estimate of drug-likeness (QED) is 0.426. The molecule has 16 nitrogen and oxygen atoms in total. The van der Waals surface area contributed by atoms with Gasteiger partial charge in [-0.1, -0.05) is 0 Å². The highest BCUT2D eigenvalue weighted by Crippen LogP contribution is 2.22. The van der Waals surface area contributed by atoms with Gasteiger partial charge >= 0.3 is 24.2 Å². The fourth-order valence-electron chi connectivity index (χ4n) is 4.56. The first-order valence-electron chi connectivity index (χ1n) is 14.8. The van der Waals surface area contributed by atoms with Crippen LogP contribution >= 0.6 is 0 Å². The molecule has 16 heteroatoms. The first kappa shape index (κ1) is 35.5. The van der Waals surface area contributed by atoms with Gasteiger partial charge in [0.1, 0.15) is 42.3 Å². The van der Waals surface area contributed by atoms with E-state index in [0.29, 0.717) is 25.9 Å². The number of likely N-dealkylation sites (tertiary alicyclic amines) is 2. The lowest BCUT2D eigenvalue weighted by molar-refractivity contribution is -0.142. The van der Waals surface area contributed by atoms with Crippen LogP contribution in [0.2, 0.25) is 0 Å². The minimum Gasteiger partial charge on any atom is -0.480 e. The molecule has 46 heavy (non-hydrogen) atoms. The summed E-state index contributed by atoms with van der Waals surface area (Å²) in [7, 11) is 0. The molecule has 2 aliphatic rings. The Morgan fingerprint density at radius 3 is 1.41 bits per heavy atom. The van der Waals surface area contributed by atoms with Crippen molar-refractivity contribution < 1.29 is 38.6 Å². The van der Waals surface area contributed by atoms with Gasteiger partial charge in [-0.15, -0.1) is 0 Å². The molecule has 3 aromatic rings. The normalized spacial score (nSPS) is 17.7. The van der Waals surface area contributed by atoms with E-state index in [-0.39, 0.29) is 11.9 Å². The number of hydrogen-bond acceptors (Lipinski definition) is 10. The standard InChI is InChI=1S/C13H19N3O3.C10H17NO4.C7H6N4O/c1-13(2,3)19-12(18)16-7-4-5-10(16)11(17)15-8-6-14-9-15;1-10(2,3)15-9(14)11-6-4-5-7(11)8(12)13;12-7(10-3-1-8-5-10)11-4-2-9-6-11/h6,8-10H,4-5,7H2,1-3H3;7H,4-6H2,1-3H3,(H,12,13);1-6H/t10-;7-;/m00./s1. The largest absolute Gasteiger partial charge is 0.480 e. The molecule has 2 saturated heterocycles. The fraction of sp³-hybridized carbons (Fsp3) is 0.533. The van der Waals surface area contributed by atoms with Gasteiger partial charge in [-0.05, 0) is 67.2 Å². The number of carbonyl (C=O) groups is 5. The van der Waals surface area contributed by atoms with E-state index in [2.05, 4.69) is 15.0 Å². The number of imidazole rings is 3. The van der Waals surface area contributed by atoms with Crippen molar-refractivity contribution in [1.82, 2.24) is 38.5 Å². The molecule has 3 aromatic heterocycles. The van der Waals surface area contributed by atoms with E-state index in [4.69, 9.17) is 14.6 Å². The molecule has 5 rings (SSSR count). The Balaban J connectivity index is 0.000000193. The maximum absolute atomic E-state index is 12.3. The Hall–Kier alpha value is -5.02. The van der Waals surface area contributed by atoms with Crippen LogP contribution in [-0.2, 0) is 14.3 Å². The third-order valence-corrected chi connectivity index (χ3v) is 6.54. The molecular formula is C30H42N8O8. The van der Waals surface area contributed by atoms with E-state index in [1.807, 2.05) is 20.8 Å². The van der Waals surface area contributed by atoms with Gasteiger partial charge in [-0.2, -0.15) is 0 Å². The second-order valence-corrected chi connectivity index (χ2v) is 12.5. The Bertz CT molecular complexity index is 1400. The number of ether oxygens (including phenoxy) is 2. The molecule has 0 aliphatic carbocycles. The number of carboxylic acid groups (broad SMARTS) is 1. The van der Waals surface area contributed by atoms with E-state index in [1.54, 1.807) is 58.0 Å². The van der Waals surface area contributed by atoms with Crippen LogP contribution < -0.4 is 0 Å². The minimum atomic E-state index is -0.960. The number of nitrogens with zero attached hydrogens (tertiary/aromatic N) is 8. The first-order chi connectivity index (χ1) is 21.6. The summed E-state index contributed by atoms with van der Waals surface area (Å²) in [6, 6.07) is -1.37. The maximum atomic E-state index is 12.3. The molecule has 0 unspecified atom stereocenters. The zero-order valence-corrected chi connectivity index (χ0v) is 27.0. The molecule has 250 valence electrons. The Kier molecular flexibility index (Phi) is 11.8. The molecule has 2 aliphatic heterocycles. The number of aliphatic carboxylic acids is 1. The average molecular weight is 643 g/mol. The number of carbonyl (C=O) groups excluding carboxylic acids is 4. The first-order valence-corrected chi connectivity index (χ1v) is 14.8. The second-order valence-electron chi connectivity index (χ2n) is 12.5. The van der Waals surface area contributed by atoms with Crippen LogP contribution in [0, 0.1) is 0 Å². The fourth-order valence-corrected chi connectivity index (χ4v) is 4.56. The van der Waals surface area contributed by atoms with Crippen LogP contribution in [0.15, 0.2) is 56.2 Å². The Labute approximate surface area is 266 Å². The van der Waals surface area contributed by atoms with E-state index in [9.17, 15) is 24.0 Å². The van der Waals surface area contributed by atoms with Gasteiger partial charge in [0.2, 0.25) is 0 Å². The van der Waals surface area contributed by atoms with Crippen molar-refractivity contribution in [2.75, 3.05) is 13.1 Å². The zero-order chi connectivity index (χ0) is 34.1. The third kappa shape index (κ3) is 10.3. The highest BCUT2D eigenvalue weighted by atomic mass is 16.6.